The average molecular weight is 326 g/mol. The van der Waals surface area contributed by atoms with Gasteiger partial charge in [-0.1, -0.05) is 12.1 Å². The molecule has 0 spiro atoms. The van der Waals surface area contributed by atoms with Gasteiger partial charge < -0.3 is 16.0 Å². The number of piperidine rings is 1. The number of rotatable bonds is 4. The maximum absolute atomic E-state index is 12.3. The Labute approximate surface area is 137 Å². The maximum atomic E-state index is 12.3. The molecule has 1 aliphatic rings. The second-order valence-corrected chi connectivity index (χ2v) is 5.78. The minimum Gasteiger partial charge on any atom is -0.350 e. The van der Waals surface area contributed by atoms with Crippen LogP contribution in [0.4, 0.5) is 5.69 Å². The topological polar surface area (TPSA) is 70.2 Å². The van der Waals surface area contributed by atoms with Gasteiger partial charge in [-0.25, -0.2) is 0 Å². The molecule has 2 rings (SSSR count). The van der Waals surface area contributed by atoms with E-state index in [9.17, 15) is 9.59 Å². The summed E-state index contributed by atoms with van der Waals surface area (Å²) in [5.41, 5.74) is 1.32. The molecule has 22 heavy (non-hydrogen) atoms. The van der Waals surface area contributed by atoms with Crippen LogP contribution >= 0.6 is 12.4 Å². The van der Waals surface area contributed by atoms with Crippen LogP contribution in [0.15, 0.2) is 24.3 Å². The van der Waals surface area contributed by atoms with Crippen LogP contribution in [0.5, 0.6) is 0 Å². The summed E-state index contributed by atoms with van der Waals surface area (Å²) in [4.78, 5) is 23.2. The van der Waals surface area contributed by atoms with E-state index in [-0.39, 0.29) is 24.2 Å². The molecule has 1 saturated heterocycles. The van der Waals surface area contributed by atoms with Gasteiger partial charge >= 0.3 is 0 Å². The van der Waals surface area contributed by atoms with Gasteiger partial charge in [0.05, 0.1) is 5.54 Å². The van der Waals surface area contributed by atoms with Crippen LogP contribution < -0.4 is 16.0 Å². The highest BCUT2D eigenvalue weighted by Crippen LogP contribution is 2.19. The molecule has 0 saturated carbocycles. The first-order valence-corrected chi connectivity index (χ1v) is 7.39. The minimum absolute atomic E-state index is 0. The van der Waals surface area contributed by atoms with Gasteiger partial charge in [0.2, 0.25) is 11.8 Å². The highest BCUT2D eigenvalue weighted by molar-refractivity contribution is 5.88. The molecular formula is C16H24ClN3O2. The van der Waals surface area contributed by atoms with Gasteiger partial charge in [-0.2, -0.15) is 0 Å². The Morgan fingerprint density at radius 1 is 1.23 bits per heavy atom. The summed E-state index contributed by atoms with van der Waals surface area (Å²) in [7, 11) is 0. The highest BCUT2D eigenvalue weighted by Gasteiger charge is 2.33. The van der Waals surface area contributed by atoms with Crippen molar-refractivity contribution in [3.8, 4) is 0 Å². The molecule has 1 aliphatic heterocycles. The number of benzene rings is 1. The Kier molecular flexibility index (Phi) is 6.84. The number of nitrogens with one attached hydrogen (secondary N) is 3. The van der Waals surface area contributed by atoms with Crippen LogP contribution in [0.2, 0.25) is 0 Å². The molecule has 1 heterocycles. The van der Waals surface area contributed by atoms with Gasteiger partial charge in [0.25, 0.3) is 0 Å². The number of carbonyl (C=O) groups is 2. The van der Waals surface area contributed by atoms with Crippen molar-refractivity contribution in [1.82, 2.24) is 10.6 Å². The fourth-order valence-corrected chi connectivity index (χ4v) is 2.54. The molecule has 1 aromatic carbocycles. The average Bonchev–Trinajstić information content (AvgIpc) is 2.46. The second kappa shape index (κ2) is 8.15. The van der Waals surface area contributed by atoms with Gasteiger partial charge in [-0.3, -0.25) is 9.59 Å². The Morgan fingerprint density at radius 3 is 2.45 bits per heavy atom. The van der Waals surface area contributed by atoms with Crippen LogP contribution in [0.3, 0.4) is 0 Å². The molecule has 0 aromatic heterocycles. The van der Waals surface area contributed by atoms with Crippen molar-refractivity contribution in [3.05, 3.63) is 29.8 Å². The van der Waals surface area contributed by atoms with Gasteiger partial charge in [0.1, 0.15) is 0 Å². The first-order valence-electron chi connectivity index (χ1n) is 7.39. The fourth-order valence-electron chi connectivity index (χ4n) is 2.54. The predicted molar refractivity (Wildman–Crippen MR) is 90.1 cm³/mol. The summed E-state index contributed by atoms with van der Waals surface area (Å²) in [6.45, 7) is 4.83. The molecule has 2 amide bonds. The smallest absolute Gasteiger partial charge is 0.240 e. The second-order valence-electron chi connectivity index (χ2n) is 5.78. The zero-order valence-corrected chi connectivity index (χ0v) is 13.9. The highest BCUT2D eigenvalue weighted by atomic mass is 35.5. The van der Waals surface area contributed by atoms with E-state index in [1.54, 1.807) is 0 Å². The number of halogens is 1. The quantitative estimate of drug-likeness (QED) is 0.795. The van der Waals surface area contributed by atoms with Crippen molar-refractivity contribution in [1.29, 1.82) is 0 Å². The molecule has 5 nitrogen and oxygen atoms in total. The van der Waals surface area contributed by atoms with Gasteiger partial charge in [0.15, 0.2) is 0 Å². The fraction of sp³-hybridized carbons (Fsp3) is 0.500. The molecule has 1 fully saturated rings. The SMILES string of the molecule is CC(=O)Nc1ccc(CNC(=O)C2(C)CCCCN2)cc1.Cl. The molecule has 0 bridgehead atoms. The van der Waals surface area contributed by atoms with Crippen molar-refractivity contribution in [3.63, 3.8) is 0 Å². The molecule has 122 valence electrons. The van der Waals surface area contributed by atoms with E-state index in [2.05, 4.69) is 16.0 Å². The summed E-state index contributed by atoms with van der Waals surface area (Å²) in [6.07, 6.45) is 3.09. The van der Waals surface area contributed by atoms with E-state index in [1.807, 2.05) is 31.2 Å². The third-order valence-corrected chi connectivity index (χ3v) is 3.85. The lowest BCUT2D eigenvalue weighted by molar-refractivity contribution is -0.128. The van der Waals surface area contributed by atoms with E-state index >= 15 is 0 Å². The predicted octanol–water partition coefficient (Wildman–Crippen LogP) is 2.22. The lowest BCUT2D eigenvalue weighted by atomic mass is 9.90. The molecule has 6 heteroatoms. The molecular weight excluding hydrogens is 302 g/mol. The first-order chi connectivity index (χ1) is 9.99. The summed E-state index contributed by atoms with van der Waals surface area (Å²) in [6, 6.07) is 7.48. The van der Waals surface area contributed by atoms with Crippen LogP contribution in [-0.4, -0.2) is 23.9 Å². The van der Waals surface area contributed by atoms with E-state index < -0.39 is 5.54 Å². The number of anilines is 1. The van der Waals surface area contributed by atoms with E-state index in [0.717, 1.165) is 37.1 Å². The first kappa shape index (κ1) is 18.5. The van der Waals surface area contributed by atoms with Crippen LogP contribution in [0.25, 0.3) is 0 Å². The lowest BCUT2D eigenvalue weighted by Crippen LogP contribution is -2.56. The summed E-state index contributed by atoms with van der Waals surface area (Å²) < 4.78 is 0. The summed E-state index contributed by atoms with van der Waals surface area (Å²) in [5.74, 6) is -0.0412. The van der Waals surface area contributed by atoms with Gasteiger partial charge in [-0.15, -0.1) is 12.4 Å². The molecule has 1 atom stereocenters. The third kappa shape index (κ3) is 5.00. The molecule has 1 aromatic rings. The van der Waals surface area contributed by atoms with Crippen molar-refractivity contribution in [2.75, 3.05) is 11.9 Å². The van der Waals surface area contributed by atoms with E-state index in [0.29, 0.717) is 6.54 Å². The van der Waals surface area contributed by atoms with Crippen LogP contribution in [0, 0.1) is 0 Å². The summed E-state index contributed by atoms with van der Waals surface area (Å²) >= 11 is 0. The number of carbonyl (C=O) groups excluding carboxylic acids is 2. The van der Waals surface area contributed by atoms with E-state index in [4.69, 9.17) is 0 Å². The zero-order chi connectivity index (χ0) is 15.3. The number of hydrogen-bond donors (Lipinski definition) is 3. The molecule has 3 N–H and O–H groups in total. The Morgan fingerprint density at radius 2 is 1.91 bits per heavy atom. The summed E-state index contributed by atoms with van der Waals surface area (Å²) in [5, 5.41) is 9.00. The Bertz CT molecular complexity index is 511. The Balaban J connectivity index is 0.00000242. The van der Waals surface area contributed by atoms with Crippen LogP contribution in [-0.2, 0) is 16.1 Å². The third-order valence-electron chi connectivity index (χ3n) is 3.85. The normalized spacial score (nSPS) is 20.6. The van der Waals surface area contributed by atoms with Gasteiger partial charge in [-0.05, 0) is 50.4 Å². The number of hydrogen-bond acceptors (Lipinski definition) is 3. The zero-order valence-electron chi connectivity index (χ0n) is 13.1. The molecule has 0 aliphatic carbocycles. The monoisotopic (exact) mass is 325 g/mol. The van der Waals surface area contributed by atoms with E-state index in [1.165, 1.54) is 6.92 Å². The van der Waals surface area contributed by atoms with Crippen molar-refractivity contribution >= 4 is 29.9 Å². The lowest BCUT2D eigenvalue weighted by Gasteiger charge is -2.33. The van der Waals surface area contributed by atoms with Crippen molar-refractivity contribution in [2.24, 2.45) is 0 Å². The standard InChI is InChI=1S/C16H23N3O2.ClH/c1-12(20)19-14-7-5-13(6-8-14)11-17-15(21)16(2)9-3-4-10-18-16;/h5-8,18H,3-4,9-11H2,1-2H3,(H,17,21)(H,19,20);1H. The van der Waals surface area contributed by atoms with Crippen LogP contribution in [0.1, 0.15) is 38.7 Å². The van der Waals surface area contributed by atoms with Gasteiger partial charge in [0, 0.05) is 19.2 Å². The molecule has 0 radical (unpaired) electrons. The Hall–Kier alpha value is -1.59. The largest absolute Gasteiger partial charge is 0.350 e. The minimum atomic E-state index is -0.450. The number of amides is 2. The van der Waals surface area contributed by atoms with Crippen molar-refractivity contribution in [2.45, 2.75) is 45.2 Å². The molecule has 1 unspecified atom stereocenters. The van der Waals surface area contributed by atoms with Crippen molar-refractivity contribution < 1.29 is 9.59 Å². The maximum Gasteiger partial charge on any atom is 0.240 e.